The van der Waals surface area contributed by atoms with E-state index in [0.717, 1.165) is 45.7 Å². The molecule has 1 heterocycles. The van der Waals surface area contributed by atoms with Gasteiger partial charge >= 0.3 is 6.03 Å². The number of guanidine groups is 1. The Hall–Kier alpha value is -1.34. The number of hydrogen-bond donors (Lipinski definition) is 3. The zero-order valence-corrected chi connectivity index (χ0v) is 15.9. The van der Waals surface area contributed by atoms with E-state index < -0.39 is 0 Å². The van der Waals surface area contributed by atoms with Crippen molar-refractivity contribution in [3.05, 3.63) is 0 Å². The van der Waals surface area contributed by atoms with Crippen molar-refractivity contribution in [2.45, 2.75) is 53.0 Å². The van der Waals surface area contributed by atoms with Crippen molar-refractivity contribution in [3.8, 4) is 0 Å². The van der Waals surface area contributed by atoms with Crippen molar-refractivity contribution in [1.82, 2.24) is 15.5 Å². The smallest absolute Gasteiger partial charge is 0.321 e. The van der Waals surface area contributed by atoms with Crippen LogP contribution in [0.25, 0.3) is 0 Å². The molecular formula is C17H35N5O2. The van der Waals surface area contributed by atoms with E-state index in [-0.39, 0.29) is 22.9 Å². The summed E-state index contributed by atoms with van der Waals surface area (Å²) < 4.78 is 5.31. The Balaban J connectivity index is 2.26. The van der Waals surface area contributed by atoms with Crippen molar-refractivity contribution in [1.29, 1.82) is 0 Å². The van der Waals surface area contributed by atoms with E-state index in [9.17, 15) is 4.79 Å². The minimum absolute atomic E-state index is 0.148. The van der Waals surface area contributed by atoms with Gasteiger partial charge in [0, 0.05) is 19.6 Å². The number of amides is 2. The molecule has 0 aromatic carbocycles. The fraction of sp³-hybridized carbons (Fsp3) is 0.882. The summed E-state index contributed by atoms with van der Waals surface area (Å²) in [5.41, 5.74) is 5.69. The molecule has 1 aliphatic heterocycles. The second-order valence-electron chi connectivity index (χ2n) is 8.24. The number of rotatable bonds is 6. The van der Waals surface area contributed by atoms with Crippen molar-refractivity contribution >= 4 is 12.0 Å². The van der Waals surface area contributed by atoms with Gasteiger partial charge in [0.2, 0.25) is 0 Å². The van der Waals surface area contributed by atoms with Crippen LogP contribution in [0.2, 0.25) is 0 Å². The van der Waals surface area contributed by atoms with Gasteiger partial charge in [0.05, 0.1) is 18.8 Å². The number of urea groups is 1. The average Bonchev–Trinajstić information content (AvgIpc) is 2.41. The predicted molar refractivity (Wildman–Crippen MR) is 98.2 cm³/mol. The topological polar surface area (TPSA) is 92.0 Å². The summed E-state index contributed by atoms with van der Waals surface area (Å²) in [5.74, 6) is 0.162. The third kappa shape index (κ3) is 9.72. The van der Waals surface area contributed by atoms with Crippen molar-refractivity contribution in [2.24, 2.45) is 16.1 Å². The van der Waals surface area contributed by atoms with Gasteiger partial charge in [-0.3, -0.25) is 10.2 Å². The quantitative estimate of drug-likeness (QED) is 0.388. The Bertz CT molecular complexity index is 423. The number of nitrogens with one attached hydrogen (secondary N) is 2. The third-order valence-electron chi connectivity index (χ3n) is 3.67. The highest BCUT2D eigenvalue weighted by Gasteiger charge is 2.25. The summed E-state index contributed by atoms with van der Waals surface area (Å²) in [7, 11) is 0. The molecule has 1 saturated heterocycles. The van der Waals surface area contributed by atoms with Crippen LogP contribution in [-0.4, -0.2) is 61.8 Å². The normalized spacial score (nSPS) is 17.6. The van der Waals surface area contributed by atoms with Gasteiger partial charge in [-0.25, -0.2) is 9.79 Å². The standard InChI is InChI=1S/C17H35N5O2/c1-16(2,3)13-17(4,5)21-14(18)20-15(23)19-7-6-8-22-9-11-24-12-10-22/h6-13H2,1-5H3,(H4,18,19,20,21,23). The molecule has 1 rings (SSSR count). The minimum atomic E-state index is -0.314. The maximum Gasteiger partial charge on any atom is 0.321 e. The van der Waals surface area contributed by atoms with Gasteiger partial charge in [-0.2, -0.15) is 0 Å². The van der Waals surface area contributed by atoms with E-state index in [1.807, 2.05) is 13.8 Å². The second kappa shape index (κ2) is 9.22. The molecule has 0 atom stereocenters. The van der Waals surface area contributed by atoms with Crippen LogP contribution in [0.1, 0.15) is 47.5 Å². The van der Waals surface area contributed by atoms with E-state index >= 15 is 0 Å². The van der Waals surface area contributed by atoms with E-state index in [1.54, 1.807) is 0 Å². The molecule has 140 valence electrons. The van der Waals surface area contributed by atoms with E-state index in [2.05, 4.69) is 41.3 Å². The molecule has 0 unspecified atom stereocenters. The molecule has 0 radical (unpaired) electrons. The van der Waals surface area contributed by atoms with Crippen molar-refractivity contribution in [3.63, 3.8) is 0 Å². The minimum Gasteiger partial charge on any atom is -0.379 e. The van der Waals surface area contributed by atoms with Crippen LogP contribution in [0.3, 0.4) is 0 Å². The summed E-state index contributed by atoms with van der Waals surface area (Å²) in [6.07, 6.45) is 1.78. The van der Waals surface area contributed by atoms with E-state index in [4.69, 9.17) is 10.5 Å². The zero-order chi connectivity index (χ0) is 18.2. The predicted octanol–water partition coefficient (Wildman–Crippen LogP) is 1.54. The van der Waals surface area contributed by atoms with Gasteiger partial charge in [-0.15, -0.1) is 0 Å². The Labute approximate surface area is 146 Å². The molecule has 0 aromatic heterocycles. The molecule has 7 nitrogen and oxygen atoms in total. The lowest BCUT2D eigenvalue weighted by atomic mass is 9.82. The first-order valence-electron chi connectivity index (χ1n) is 8.78. The molecule has 24 heavy (non-hydrogen) atoms. The number of ether oxygens (including phenoxy) is 1. The summed E-state index contributed by atoms with van der Waals surface area (Å²) in [4.78, 5) is 18.6. The Morgan fingerprint density at radius 3 is 2.42 bits per heavy atom. The molecule has 0 spiro atoms. The van der Waals surface area contributed by atoms with Gasteiger partial charge in [-0.05, 0) is 38.6 Å². The maximum absolute atomic E-state index is 11.9. The van der Waals surface area contributed by atoms with Crippen LogP contribution in [0.4, 0.5) is 4.79 Å². The van der Waals surface area contributed by atoms with Gasteiger partial charge in [0.1, 0.15) is 0 Å². The highest BCUT2D eigenvalue weighted by atomic mass is 16.5. The summed E-state index contributed by atoms with van der Waals surface area (Å²) in [6.45, 7) is 15.6. The van der Waals surface area contributed by atoms with Crippen LogP contribution >= 0.6 is 0 Å². The summed E-state index contributed by atoms with van der Waals surface area (Å²) >= 11 is 0. The Morgan fingerprint density at radius 2 is 1.83 bits per heavy atom. The molecule has 4 N–H and O–H groups in total. The van der Waals surface area contributed by atoms with Gasteiger partial charge in [0.25, 0.3) is 0 Å². The zero-order valence-electron chi connectivity index (χ0n) is 15.9. The molecule has 1 fully saturated rings. The number of aliphatic imine (C=N–C) groups is 1. The number of carbonyl (C=O) groups is 1. The number of morpholine rings is 1. The number of carbonyl (C=O) groups excluding carboxylic acids is 1. The molecule has 0 aromatic rings. The first-order valence-corrected chi connectivity index (χ1v) is 8.78. The van der Waals surface area contributed by atoms with Crippen molar-refractivity contribution < 1.29 is 9.53 Å². The molecule has 1 aliphatic rings. The van der Waals surface area contributed by atoms with Crippen LogP contribution in [-0.2, 0) is 4.74 Å². The number of nitrogens with zero attached hydrogens (tertiary/aromatic N) is 2. The van der Waals surface area contributed by atoms with Crippen LogP contribution < -0.4 is 16.4 Å². The maximum atomic E-state index is 11.9. The van der Waals surface area contributed by atoms with E-state index in [1.165, 1.54) is 0 Å². The first kappa shape index (κ1) is 20.7. The fourth-order valence-electron chi connectivity index (χ4n) is 3.18. The molecule has 0 bridgehead atoms. The highest BCUT2D eigenvalue weighted by Crippen LogP contribution is 2.29. The molecule has 0 saturated carbocycles. The average molecular weight is 342 g/mol. The lowest BCUT2D eigenvalue weighted by Crippen LogP contribution is -2.45. The molecule has 2 amide bonds. The summed E-state index contributed by atoms with van der Waals surface area (Å²) in [6, 6.07) is -0.301. The highest BCUT2D eigenvalue weighted by molar-refractivity contribution is 5.95. The fourth-order valence-corrected chi connectivity index (χ4v) is 3.18. The third-order valence-corrected chi connectivity index (χ3v) is 3.67. The molecule has 0 aliphatic carbocycles. The molecular weight excluding hydrogens is 306 g/mol. The molecule has 7 heteroatoms. The lowest BCUT2D eigenvalue weighted by Gasteiger charge is -2.29. The Kier molecular flexibility index (Phi) is 7.96. The summed E-state index contributed by atoms with van der Waals surface area (Å²) in [5, 5.41) is 5.42. The number of nitrogens with two attached hydrogens (primary N) is 1. The van der Waals surface area contributed by atoms with Gasteiger partial charge < -0.3 is 15.8 Å². The van der Waals surface area contributed by atoms with Crippen LogP contribution in [0.15, 0.2) is 4.99 Å². The largest absolute Gasteiger partial charge is 0.379 e. The first-order chi connectivity index (χ1) is 11.1. The van der Waals surface area contributed by atoms with Gasteiger partial charge in [-0.1, -0.05) is 20.8 Å². The van der Waals surface area contributed by atoms with E-state index in [0.29, 0.717) is 6.54 Å². The second-order valence-corrected chi connectivity index (χ2v) is 8.24. The lowest BCUT2D eigenvalue weighted by molar-refractivity contribution is 0.0375. The SMILES string of the molecule is CC(C)(C)CC(C)(C)N=C(N)NC(=O)NCCCN1CCOCC1. The van der Waals surface area contributed by atoms with Crippen LogP contribution in [0.5, 0.6) is 0 Å². The van der Waals surface area contributed by atoms with Gasteiger partial charge in [0.15, 0.2) is 5.96 Å². The monoisotopic (exact) mass is 341 g/mol. The number of hydrogen-bond acceptors (Lipinski definition) is 4. The Morgan fingerprint density at radius 1 is 1.21 bits per heavy atom. The van der Waals surface area contributed by atoms with Crippen LogP contribution in [0, 0.1) is 5.41 Å². The van der Waals surface area contributed by atoms with Crippen molar-refractivity contribution in [2.75, 3.05) is 39.4 Å².